The number of aryl methyl sites for hydroxylation is 1. The SMILES string of the molecule is Cc1ccc(N2CC3CNCC3C2C)c([N+](=O)[O-])c1. The molecule has 1 aromatic rings. The Balaban J connectivity index is 1.97. The van der Waals surface area contributed by atoms with Crippen LogP contribution in [0.1, 0.15) is 12.5 Å². The van der Waals surface area contributed by atoms with Crippen molar-refractivity contribution < 1.29 is 4.92 Å². The predicted octanol–water partition coefficient (Wildman–Crippen LogP) is 1.95. The van der Waals surface area contributed by atoms with E-state index < -0.39 is 0 Å². The number of anilines is 1. The molecule has 5 nitrogen and oxygen atoms in total. The zero-order valence-corrected chi connectivity index (χ0v) is 11.3. The largest absolute Gasteiger partial charge is 0.363 e. The van der Waals surface area contributed by atoms with E-state index in [1.165, 1.54) is 0 Å². The van der Waals surface area contributed by atoms with Gasteiger partial charge >= 0.3 is 0 Å². The molecular weight excluding hydrogens is 242 g/mol. The number of hydrogen-bond acceptors (Lipinski definition) is 4. The first kappa shape index (κ1) is 12.4. The zero-order chi connectivity index (χ0) is 13.6. The van der Waals surface area contributed by atoms with Gasteiger partial charge in [-0.3, -0.25) is 10.1 Å². The van der Waals surface area contributed by atoms with Crippen LogP contribution in [0.15, 0.2) is 18.2 Å². The first-order valence-corrected chi connectivity index (χ1v) is 6.80. The molecule has 1 aromatic carbocycles. The lowest BCUT2D eigenvalue weighted by atomic mass is 9.95. The maximum Gasteiger partial charge on any atom is 0.292 e. The van der Waals surface area contributed by atoms with E-state index in [4.69, 9.17) is 0 Å². The molecule has 3 unspecified atom stereocenters. The third kappa shape index (κ3) is 1.98. The first-order chi connectivity index (χ1) is 9.08. The van der Waals surface area contributed by atoms with Gasteiger partial charge in [0.25, 0.3) is 5.69 Å². The summed E-state index contributed by atoms with van der Waals surface area (Å²) >= 11 is 0. The number of hydrogen-bond donors (Lipinski definition) is 1. The molecule has 2 fully saturated rings. The molecule has 0 aliphatic carbocycles. The summed E-state index contributed by atoms with van der Waals surface area (Å²) in [5.41, 5.74) is 1.95. The molecule has 2 aliphatic heterocycles. The van der Waals surface area contributed by atoms with Gasteiger partial charge in [-0.2, -0.15) is 0 Å². The van der Waals surface area contributed by atoms with Crippen LogP contribution in [-0.4, -0.2) is 30.6 Å². The number of fused-ring (bicyclic) bond motifs is 1. The molecule has 102 valence electrons. The molecule has 5 heteroatoms. The second-order valence-corrected chi connectivity index (χ2v) is 5.72. The number of nitrogens with one attached hydrogen (secondary N) is 1. The third-order valence-electron chi connectivity index (χ3n) is 4.57. The van der Waals surface area contributed by atoms with E-state index in [1.807, 2.05) is 19.1 Å². The third-order valence-corrected chi connectivity index (χ3v) is 4.57. The van der Waals surface area contributed by atoms with Crippen LogP contribution in [0.25, 0.3) is 0 Å². The van der Waals surface area contributed by atoms with Gasteiger partial charge in [0.2, 0.25) is 0 Å². The maximum absolute atomic E-state index is 11.3. The fraction of sp³-hybridized carbons (Fsp3) is 0.571. The van der Waals surface area contributed by atoms with Crippen molar-refractivity contribution in [2.24, 2.45) is 11.8 Å². The fourth-order valence-electron chi connectivity index (χ4n) is 3.51. The van der Waals surface area contributed by atoms with Crippen molar-refractivity contribution >= 4 is 11.4 Å². The predicted molar refractivity (Wildman–Crippen MR) is 74.5 cm³/mol. The molecule has 0 amide bonds. The van der Waals surface area contributed by atoms with E-state index >= 15 is 0 Å². The summed E-state index contributed by atoms with van der Waals surface area (Å²) in [5, 5.41) is 14.7. The van der Waals surface area contributed by atoms with Gasteiger partial charge in [0.1, 0.15) is 5.69 Å². The lowest BCUT2D eigenvalue weighted by Crippen LogP contribution is -2.33. The molecule has 0 saturated carbocycles. The molecular formula is C14H19N3O2. The summed E-state index contributed by atoms with van der Waals surface area (Å²) in [7, 11) is 0. The van der Waals surface area contributed by atoms with E-state index in [0.29, 0.717) is 17.9 Å². The van der Waals surface area contributed by atoms with Gasteiger partial charge in [0.05, 0.1) is 4.92 Å². The summed E-state index contributed by atoms with van der Waals surface area (Å²) in [4.78, 5) is 13.2. The summed E-state index contributed by atoms with van der Waals surface area (Å²) < 4.78 is 0. The first-order valence-electron chi connectivity index (χ1n) is 6.80. The van der Waals surface area contributed by atoms with Crippen molar-refractivity contribution in [3.05, 3.63) is 33.9 Å². The van der Waals surface area contributed by atoms with Crippen LogP contribution >= 0.6 is 0 Å². The van der Waals surface area contributed by atoms with Crippen molar-refractivity contribution in [2.45, 2.75) is 19.9 Å². The Morgan fingerprint density at radius 3 is 2.89 bits per heavy atom. The molecule has 0 spiro atoms. The topological polar surface area (TPSA) is 58.4 Å². The molecule has 2 saturated heterocycles. The lowest BCUT2D eigenvalue weighted by Gasteiger charge is -2.26. The minimum absolute atomic E-state index is 0.236. The number of benzene rings is 1. The summed E-state index contributed by atoms with van der Waals surface area (Å²) in [6.45, 7) is 7.06. The van der Waals surface area contributed by atoms with Crippen LogP contribution in [0.3, 0.4) is 0 Å². The van der Waals surface area contributed by atoms with Crippen LogP contribution in [0.2, 0.25) is 0 Å². The smallest absolute Gasteiger partial charge is 0.292 e. The Labute approximate surface area is 112 Å². The van der Waals surface area contributed by atoms with Crippen LogP contribution < -0.4 is 10.2 Å². The van der Waals surface area contributed by atoms with E-state index in [1.54, 1.807) is 6.07 Å². The van der Waals surface area contributed by atoms with Crippen LogP contribution in [0.4, 0.5) is 11.4 Å². The number of nitro groups is 1. The monoisotopic (exact) mass is 261 g/mol. The van der Waals surface area contributed by atoms with Gasteiger partial charge in [-0.15, -0.1) is 0 Å². The number of nitrogens with zero attached hydrogens (tertiary/aromatic N) is 2. The van der Waals surface area contributed by atoms with Crippen molar-refractivity contribution in [3.8, 4) is 0 Å². The average Bonchev–Trinajstić information content (AvgIpc) is 2.93. The Morgan fingerprint density at radius 2 is 2.21 bits per heavy atom. The highest BCUT2D eigenvalue weighted by Crippen LogP contribution is 2.39. The maximum atomic E-state index is 11.3. The fourth-order valence-corrected chi connectivity index (χ4v) is 3.51. The Morgan fingerprint density at radius 1 is 1.42 bits per heavy atom. The molecule has 0 radical (unpaired) electrons. The highest BCUT2D eigenvalue weighted by Gasteiger charge is 2.43. The van der Waals surface area contributed by atoms with E-state index in [2.05, 4.69) is 17.1 Å². The molecule has 3 atom stereocenters. The van der Waals surface area contributed by atoms with E-state index in [-0.39, 0.29) is 10.6 Å². The highest BCUT2D eigenvalue weighted by atomic mass is 16.6. The van der Waals surface area contributed by atoms with Gasteiger partial charge in [0, 0.05) is 31.7 Å². The van der Waals surface area contributed by atoms with Crippen molar-refractivity contribution in [1.29, 1.82) is 0 Å². The molecule has 3 rings (SSSR count). The molecule has 1 N–H and O–H groups in total. The van der Waals surface area contributed by atoms with Gasteiger partial charge in [-0.05, 0) is 37.3 Å². The molecule has 0 bridgehead atoms. The second-order valence-electron chi connectivity index (χ2n) is 5.72. The minimum atomic E-state index is -0.262. The van der Waals surface area contributed by atoms with Gasteiger partial charge in [-0.1, -0.05) is 6.07 Å². The Bertz CT molecular complexity index is 517. The summed E-state index contributed by atoms with van der Waals surface area (Å²) in [5.74, 6) is 1.23. The number of nitro benzene ring substituents is 1. The van der Waals surface area contributed by atoms with Crippen molar-refractivity contribution in [2.75, 3.05) is 24.5 Å². The average molecular weight is 261 g/mol. The van der Waals surface area contributed by atoms with Crippen LogP contribution in [0, 0.1) is 28.9 Å². The van der Waals surface area contributed by atoms with Crippen LogP contribution in [-0.2, 0) is 0 Å². The van der Waals surface area contributed by atoms with E-state index in [0.717, 1.165) is 30.9 Å². The molecule has 0 aromatic heterocycles. The minimum Gasteiger partial charge on any atom is -0.363 e. The summed E-state index contributed by atoms with van der Waals surface area (Å²) in [6, 6.07) is 5.90. The van der Waals surface area contributed by atoms with Gasteiger partial charge < -0.3 is 10.2 Å². The molecule has 2 heterocycles. The zero-order valence-electron chi connectivity index (χ0n) is 11.3. The number of rotatable bonds is 2. The van der Waals surface area contributed by atoms with Crippen LogP contribution in [0.5, 0.6) is 0 Å². The second kappa shape index (κ2) is 4.49. The normalized spacial score (nSPS) is 29.6. The molecule has 2 aliphatic rings. The van der Waals surface area contributed by atoms with Crippen molar-refractivity contribution in [1.82, 2.24) is 5.32 Å². The standard InChI is InChI=1S/C14H19N3O2/c1-9-3-4-13(14(5-9)17(18)19)16-8-11-6-15-7-12(11)10(16)2/h3-5,10-12,15H,6-8H2,1-2H3. The Hall–Kier alpha value is -1.62. The van der Waals surface area contributed by atoms with Gasteiger partial charge in [0.15, 0.2) is 0 Å². The highest BCUT2D eigenvalue weighted by molar-refractivity contribution is 5.65. The lowest BCUT2D eigenvalue weighted by molar-refractivity contribution is -0.384. The van der Waals surface area contributed by atoms with Gasteiger partial charge in [-0.25, -0.2) is 0 Å². The summed E-state index contributed by atoms with van der Waals surface area (Å²) in [6.07, 6.45) is 0. The quantitative estimate of drug-likeness (QED) is 0.653. The Kier molecular flexibility index (Phi) is 2.93. The van der Waals surface area contributed by atoms with E-state index in [9.17, 15) is 10.1 Å². The van der Waals surface area contributed by atoms with Crippen molar-refractivity contribution in [3.63, 3.8) is 0 Å². The molecule has 19 heavy (non-hydrogen) atoms.